The van der Waals surface area contributed by atoms with Gasteiger partial charge in [-0.3, -0.25) is 0 Å². The van der Waals surface area contributed by atoms with Gasteiger partial charge in [0.15, 0.2) is 0 Å². The van der Waals surface area contributed by atoms with Gasteiger partial charge in [0.05, 0.1) is 2.74 Å². The average Bonchev–Trinajstić information content (AvgIpc) is 3.60. The fraction of sp³-hybridized carbons (Fsp3) is 0.182. The second-order valence-corrected chi connectivity index (χ2v) is 10.0. The van der Waals surface area contributed by atoms with Crippen molar-refractivity contribution in [1.29, 1.82) is 0 Å². The molecule has 0 atom stereocenters. The number of allylic oxidation sites excluding steroid dienone is 4. The molecule has 5 aromatic rings. The molecule has 37 heavy (non-hydrogen) atoms. The number of benzene rings is 2. The Morgan fingerprint density at radius 3 is 2.65 bits per heavy atom. The summed E-state index contributed by atoms with van der Waals surface area (Å²) in [7, 11) is 0. The van der Waals surface area contributed by atoms with Crippen LogP contribution in [0, 0.1) is 12.5 Å². The first kappa shape index (κ1) is 22.0. The summed E-state index contributed by atoms with van der Waals surface area (Å²) in [6.07, 6.45) is 16.5. The van der Waals surface area contributed by atoms with Crippen LogP contribution in [-0.4, -0.2) is 9.97 Å². The van der Waals surface area contributed by atoms with Crippen LogP contribution in [0.1, 0.15) is 53.4 Å². The molecule has 0 saturated heterocycles. The number of hydrogen-bond donors (Lipinski definition) is 0. The summed E-state index contributed by atoms with van der Waals surface area (Å²) in [6.45, 7) is 0. The predicted molar refractivity (Wildman–Crippen MR) is 153 cm³/mol. The van der Waals surface area contributed by atoms with E-state index in [-0.39, 0.29) is 32.2 Å². The van der Waals surface area contributed by atoms with Gasteiger partial charge in [0, 0.05) is 38.6 Å². The summed E-state index contributed by atoms with van der Waals surface area (Å²) in [5.41, 5.74) is 4.14. The molecule has 2 aliphatic rings. The predicted octanol–water partition coefficient (Wildman–Crippen LogP) is 9.20. The molecule has 0 bridgehead atoms. The van der Waals surface area contributed by atoms with E-state index in [0.29, 0.717) is 11.3 Å². The molecular formula is C33H28IrN2S-2. The summed E-state index contributed by atoms with van der Waals surface area (Å²) in [6, 6.07) is 21.7. The molecule has 7 rings (SSSR count). The molecule has 0 unspecified atom stereocenters. The van der Waals surface area contributed by atoms with Gasteiger partial charge < -0.3 is 9.97 Å². The van der Waals surface area contributed by atoms with Crippen molar-refractivity contribution in [3.05, 3.63) is 121 Å². The molecule has 0 amide bonds. The van der Waals surface area contributed by atoms with E-state index < -0.39 is 5.89 Å². The van der Waals surface area contributed by atoms with Crippen LogP contribution in [0.5, 0.6) is 0 Å². The third-order valence-electron chi connectivity index (χ3n) is 6.65. The molecule has 0 spiro atoms. The fourth-order valence-electron chi connectivity index (χ4n) is 4.80. The second kappa shape index (κ2) is 12.0. The van der Waals surface area contributed by atoms with Crippen LogP contribution in [0.15, 0.2) is 97.3 Å². The molecule has 187 valence electrons. The van der Waals surface area contributed by atoms with Crippen molar-refractivity contribution >= 4 is 37.1 Å². The maximum Gasteiger partial charge on any atom is 0.0619 e. The number of thiophene rings is 1. The molecule has 0 aliphatic heterocycles. The summed E-state index contributed by atoms with van der Waals surface area (Å²) in [5, 5.41) is 2.33. The van der Waals surface area contributed by atoms with Crippen molar-refractivity contribution in [3.63, 3.8) is 0 Å². The average molecular weight is 680 g/mol. The molecule has 2 aliphatic carbocycles. The van der Waals surface area contributed by atoms with Crippen LogP contribution in [0.3, 0.4) is 0 Å². The molecule has 3 aromatic heterocycles. The number of aromatic nitrogens is 2. The van der Waals surface area contributed by atoms with Crippen molar-refractivity contribution in [2.75, 3.05) is 0 Å². The minimum atomic E-state index is -0.758. The smallest absolute Gasteiger partial charge is 0.0619 e. The third kappa shape index (κ3) is 5.62. The third-order valence-corrected chi connectivity index (χ3v) is 7.85. The summed E-state index contributed by atoms with van der Waals surface area (Å²) in [5.74, 6) is -0.758. The van der Waals surface area contributed by atoms with E-state index in [9.17, 15) is 0 Å². The Labute approximate surface area is 240 Å². The zero-order valence-electron chi connectivity index (χ0n) is 23.3. The van der Waals surface area contributed by atoms with E-state index in [1.54, 1.807) is 17.5 Å². The van der Waals surface area contributed by atoms with Crippen LogP contribution in [0.2, 0.25) is 0 Å². The zero-order chi connectivity index (χ0) is 26.8. The van der Waals surface area contributed by atoms with Crippen LogP contribution in [0.4, 0.5) is 0 Å². The SMILES string of the molecule is C1=CC[CH-]C(c2ccccn2)=C1.[2H]c1c(C2([2H])CCCC2)cnc(-c2[c-]ccc3c2sc2ccccc23)c1[2H].[Ir]. The Hall–Kier alpha value is -3.04. The van der Waals surface area contributed by atoms with Crippen molar-refractivity contribution < 1.29 is 24.2 Å². The molecule has 2 aromatic carbocycles. The number of pyridine rings is 2. The number of nitrogens with zero attached hydrogens (tertiary/aromatic N) is 2. The molecule has 1 fully saturated rings. The van der Waals surface area contributed by atoms with Crippen molar-refractivity contribution in [1.82, 2.24) is 9.97 Å². The van der Waals surface area contributed by atoms with E-state index in [2.05, 4.69) is 58.9 Å². The Kier molecular flexibility index (Phi) is 7.13. The van der Waals surface area contributed by atoms with Crippen molar-refractivity contribution in [2.24, 2.45) is 0 Å². The van der Waals surface area contributed by atoms with Crippen molar-refractivity contribution in [3.8, 4) is 11.3 Å². The summed E-state index contributed by atoms with van der Waals surface area (Å²) in [4.78, 5) is 8.84. The maximum absolute atomic E-state index is 8.69. The second-order valence-electron chi connectivity index (χ2n) is 8.98. The molecular weight excluding hydrogens is 649 g/mol. The van der Waals surface area contributed by atoms with Crippen LogP contribution in [0.25, 0.3) is 37.0 Å². The molecule has 3 heterocycles. The maximum atomic E-state index is 8.69. The first-order valence-electron chi connectivity index (χ1n) is 14.0. The van der Waals surface area contributed by atoms with Gasteiger partial charge in [0.1, 0.15) is 0 Å². The van der Waals surface area contributed by atoms with Gasteiger partial charge in [-0.05, 0) is 57.9 Å². The van der Waals surface area contributed by atoms with Gasteiger partial charge >= 0.3 is 0 Å². The molecule has 1 radical (unpaired) electrons. The molecule has 1 saturated carbocycles. The van der Waals surface area contributed by atoms with E-state index in [0.717, 1.165) is 53.4 Å². The van der Waals surface area contributed by atoms with Gasteiger partial charge in [-0.25, -0.2) is 0 Å². The van der Waals surface area contributed by atoms with E-state index >= 15 is 0 Å². The standard InChI is InChI=1S/C22H18NS.C11H10N.Ir/c1-2-7-15(6-1)16-12-13-20(23-14-16)19-10-5-9-18-17-8-3-4-11-21(17)24-22(18)19;1-2-6-10(7-3-1)11-8-4-5-9-12-11;/h3-5,8-9,11-15H,1-2,6-7H2;1-2,4-9H,3H2;/q2*-1;/i12D,13D,15D;;. The molecule has 4 heteroatoms. The number of fused-ring (bicyclic) bond motifs is 3. The fourth-order valence-corrected chi connectivity index (χ4v) is 6.00. The quantitative estimate of drug-likeness (QED) is 0.178. The Balaban J connectivity index is 0.000000209. The summed E-state index contributed by atoms with van der Waals surface area (Å²) >= 11 is 1.67. The number of hydrogen-bond acceptors (Lipinski definition) is 3. The van der Waals surface area contributed by atoms with Crippen LogP contribution in [-0.2, 0) is 20.1 Å². The van der Waals surface area contributed by atoms with Gasteiger partial charge in [-0.1, -0.05) is 67.1 Å². The van der Waals surface area contributed by atoms with Gasteiger partial charge in [-0.15, -0.1) is 35.9 Å². The summed E-state index contributed by atoms with van der Waals surface area (Å²) < 4.78 is 28.1. The molecule has 0 N–H and O–H groups in total. The molecule has 2 nitrogen and oxygen atoms in total. The van der Waals surface area contributed by atoms with Crippen LogP contribution < -0.4 is 0 Å². The number of rotatable bonds is 3. The largest absolute Gasteiger partial charge is 0.321 e. The normalized spacial score (nSPS) is 17.0. The zero-order valence-corrected chi connectivity index (χ0v) is 23.5. The van der Waals surface area contributed by atoms with E-state index in [4.69, 9.17) is 4.11 Å². The minimum Gasteiger partial charge on any atom is -0.321 e. The van der Waals surface area contributed by atoms with E-state index in [1.165, 1.54) is 15.7 Å². The Morgan fingerprint density at radius 2 is 1.84 bits per heavy atom. The van der Waals surface area contributed by atoms with Crippen molar-refractivity contribution in [2.45, 2.75) is 38.0 Å². The monoisotopic (exact) mass is 680 g/mol. The topological polar surface area (TPSA) is 25.8 Å². The first-order chi connectivity index (χ1) is 19.0. The van der Waals surface area contributed by atoms with Gasteiger partial charge in [-0.2, -0.15) is 29.4 Å². The van der Waals surface area contributed by atoms with Gasteiger partial charge in [0.25, 0.3) is 0 Å². The van der Waals surface area contributed by atoms with E-state index in [1.807, 2.05) is 42.6 Å². The first-order valence-corrected chi connectivity index (χ1v) is 13.3. The van der Waals surface area contributed by atoms with Gasteiger partial charge in [0.2, 0.25) is 0 Å². The Bertz CT molecular complexity index is 1710. The minimum absolute atomic E-state index is 0. The Morgan fingerprint density at radius 1 is 0.973 bits per heavy atom. The van der Waals surface area contributed by atoms with Crippen LogP contribution >= 0.6 is 11.3 Å².